The quantitative estimate of drug-likeness (QED) is 0.841. The number of hydrogen-bond donors (Lipinski definition) is 2. The van der Waals surface area contributed by atoms with Crippen molar-refractivity contribution in [3.05, 3.63) is 16.3 Å². The highest BCUT2D eigenvalue weighted by molar-refractivity contribution is 7.10. The van der Waals surface area contributed by atoms with E-state index < -0.39 is 0 Å². The Balaban J connectivity index is 1.67. The molecule has 16 heavy (non-hydrogen) atoms. The average Bonchev–Trinajstić information content (AvgIpc) is 2.68. The summed E-state index contributed by atoms with van der Waals surface area (Å²) in [7, 11) is 2.20. The van der Waals surface area contributed by atoms with E-state index in [1.807, 2.05) is 6.07 Å². The molecule has 0 spiro atoms. The molecular weight excluding hydrogens is 218 g/mol. The first-order valence-electron chi connectivity index (χ1n) is 5.97. The Hall–Kier alpha value is -0.580. The molecule has 3 N–H and O–H groups in total. The zero-order valence-corrected chi connectivity index (χ0v) is 10.7. The van der Waals surface area contributed by atoms with Crippen LogP contribution in [0.3, 0.4) is 0 Å². The van der Waals surface area contributed by atoms with Crippen LogP contribution in [0.1, 0.15) is 17.7 Å². The molecule has 1 aromatic rings. The average molecular weight is 239 g/mol. The van der Waals surface area contributed by atoms with Gasteiger partial charge in [-0.15, -0.1) is 11.3 Å². The largest absolute Gasteiger partial charge is 0.398 e. The molecule has 1 fully saturated rings. The van der Waals surface area contributed by atoms with E-state index in [0.717, 1.165) is 24.7 Å². The van der Waals surface area contributed by atoms with Gasteiger partial charge in [0.2, 0.25) is 0 Å². The van der Waals surface area contributed by atoms with Crippen LogP contribution in [-0.2, 0) is 6.54 Å². The third-order valence-corrected chi connectivity index (χ3v) is 4.27. The highest BCUT2D eigenvalue weighted by Crippen LogP contribution is 2.19. The van der Waals surface area contributed by atoms with E-state index in [2.05, 4.69) is 22.6 Å². The molecule has 1 aliphatic rings. The van der Waals surface area contributed by atoms with Gasteiger partial charge in [0.15, 0.2) is 0 Å². The van der Waals surface area contributed by atoms with Crippen molar-refractivity contribution in [1.82, 2.24) is 10.2 Å². The summed E-state index contributed by atoms with van der Waals surface area (Å²) >= 11 is 1.74. The Morgan fingerprint density at radius 1 is 1.50 bits per heavy atom. The molecule has 2 rings (SSSR count). The number of nitrogens with zero attached hydrogens (tertiary/aromatic N) is 1. The number of rotatable bonds is 4. The van der Waals surface area contributed by atoms with Gasteiger partial charge in [0.25, 0.3) is 0 Å². The first-order valence-corrected chi connectivity index (χ1v) is 6.85. The SMILES string of the molecule is CN1CCC(CNCc2sccc2N)CC1. The highest BCUT2D eigenvalue weighted by atomic mass is 32.1. The van der Waals surface area contributed by atoms with Crippen LogP contribution < -0.4 is 11.1 Å². The first-order chi connectivity index (χ1) is 7.75. The van der Waals surface area contributed by atoms with Gasteiger partial charge >= 0.3 is 0 Å². The molecule has 90 valence electrons. The lowest BCUT2D eigenvalue weighted by molar-refractivity contribution is 0.216. The molecular formula is C12H21N3S. The summed E-state index contributed by atoms with van der Waals surface area (Å²) in [5, 5.41) is 5.58. The summed E-state index contributed by atoms with van der Waals surface area (Å²) in [5.41, 5.74) is 6.77. The van der Waals surface area contributed by atoms with Gasteiger partial charge in [-0.25, -0.2) is 0 Å². The Labute approximate surface area is 102 Å². The third kappa shape index (κ3) is 3.20. The zero-order chi connectivity index (χ0) is 11.4. The first kappa shape index (κ1) is 11.9. The predicted molar refractivity (Wildman–Crippen MR) is 70.7 cm³/mol. The second-order valence-electron chi connectivity index (χ2n) is 4.68. The van der Waals surface area contributed by atoms with E-state index in [1.54, 1.807) is 11.3 Å². The lowest BCUT2D eigenvalue weighted by atomic mass is 9.97. The van der Waals surface area contributed by atoms with Crippen molar-refractivity contribution in [3.63, 3.8) is 0 Å². The minimum atomic E-state index is 0.845. The monoisotopic (exact) mass is 239 g/mol. The lowest BCUT2D eigenvalue weighted by Crippen LogP contribution is -2.34. The molecule has 1 saturated heterocycles. The molecule has 1 aromatic heterocycles. The van der Waals surface area contributed by atoms with Gasteiger partial charge in [-0.05, 0) is 56.9 Å². The van der Waals surface area contributed by atoms with Gasteiger partial charge in [0, 0.05) is 17.1 Å². The van der Waals surface area contributed by atoms with E-state index in [4.69, 9.17) is 5.73 Å². The van der Waals surface area contributed by atoms with Crippen LogP contribution in [0.2, 0.25) is 0 Å². The number of piperidine rings is 1. The maximum absolute atomic E-state index is 5.84. The van der Waals surface area contributed by atoms with Crippen molar-refractivity contribution in [3.8, 4) is 0 Å². The number of nitrogens with one attached hydrogen (secondary N) is 1. The topological polar surface area (TPSA) is 41.3 Å². The minimum Gasteiger partial charge on any atom is -0.398 e. The van der Waals surface area contributed by atoms with Gasteiger partial charge < -0.3 is 16.0 Å². The number of hydrogen-bond acceptors (Lipinski definition) is 4. The second-order valence-corrected chi connectivity index (χ2v) is 5.68. The highest BCUT2D eigenvalue weighted by Gasteiger charge is 2.15. The van der Waals surface area contributed by atoms with Crippen molar-refractivity contribution in [2.75, 3.05) is 32.4 Å². The van der Waals surface area contributed by atoms with Gasteiger partial charge in [-0.2, -0.15) is 0 Å². The third-order valence-electron chi connectivity index (χ3n) is 3.34. The molecule has 0 aromatic carbocycles. The summed E-state index contributed by atoms with van der Waals surface area (Å²) in [5.74, 6) is 0.845. The van der Waals surface area contributed by atoms with Crippen LogP contribution in [0.4, 0.5) is 5.69 Å². The van der Waals surface area contributed by atoms with Crippen LogP contribution >= 0.6 is 11.3 Å². The lowest BCUT2D eigenvalue weighted by Gasteiger charge is -2.29. The van der Waals surface area contributed by atoms with Gasteiger partial charge in [-0.3, -0.25) is 0 Å². The maximum atomic E-state index is 5.84. The molecule has 3 nitrogen and oxygen atoms in total. The molecule has 0 aliphatic carbocycles. The predicted octanol–water partition coefficient (Wildman–Crippen LogP) is 1.76. The molecule has 1 aliphatic heterocycles. The van der Waals surface area contributed by atoms with Gasteiger partial charge in [0.05, 0.1) is 0 Å². The Morgan fingerprint density at radius 3 is 2.88 bits per heavy atom. The van der Waals surface area contributed by atoms with Crippen LogP contribution in [0.5, 0.6) is 0 Å². The van der Waals surface area contributed by atoms with E-state index in [0.29, 0.717) is 0 Å². The van der Waals surface area contributed by atoms with Crippen LogP contribution in [0, 0.1) is 5.92 Å². The molecule has 0 bridgehead atoms. The molecule has 2 heterocycles. The van der Waals surface area contributed by atoms with Crippen molar-refractivity contribution in [2.45, 2.75) is 19.4 Å². The fourth-order valence-corrected chi connectivity index (χ4v) is 2.92. The second kappa shape index (κ2) is 5.66. The molecule has 0 amide bonds. The Kier molecular flexibility index (Phi) is 4.21. The standard InChI is InChI=1S/C12H21N3S/c1-15-5-2-10(3-6-15)8-14-9-12-11(13)4-7-16-12/h4,7,10,14H,2-3,5-6,8-9,13H2,1H3. The van der Waals surface area contributed by atoms with Gasteiger partial charge in [0.1, 0.15) is 0 Å². The van der Waals surface area contributed by atoms with E-state index in [9.17, 15) is 0 Å². The van der Waals surface area contributed by atoms with E-state index in [-0.39, 0.29) is 0 Å². The Bertz CT molecular complexity index is 316. The summed E-state index contributed by atoms with van der Waals surface area (Å²) in [4.78, 5) is 3.68. The fourth-order valence-electron chi connectivity index (χ4n) is 2.15. The van der Waals surface area contributed by atoms with Crippen molar-refractivity contribution in [1.29, 1.82) is 0 Å². The number of thiophene rings is 1. The van der Waals surface area contributed by atoms with Crippen LogP contribution in [0.15, 0.2) is 11.4 Å². The van der Waals surface area contributed by atoms with Crippen molar-refractivity contribution >= 4 is 17.0 Å². The number of likely N-dealkylation sites (tertiary alicyclic amines) is 1. The summed E-state index contributed by atoms with van der Waals surface area (Å²) in [6, 6.07) is 1.98. The smallest absolute Gasteiger partial charge is 0.0468 e. The maximum Gasteiger partial charge on any atom is 0.0468 e. The number of nitrogen functional groups attached to an aromatic ring is 1. The fraction of sp³-hybridized carbons (Fsp3) is 0.667. The zero-order valence-electron chi connectivity index (χ0n) is 9.91. The summed E-state index contributed by atoms with van der Waals surface area (Å²) in [6.45, 7) is 4.54. The molecule has 4 heteroatoms. The summed E-state index contributed by atoms with van der Waals surface area (Å²) in [6.07, 6.45) is 2.65. The number of nitrogens with two attached hydrogens (primary N) is 1. The van der Waals surface area contributed by atoms with Crippen molar-refractivity contribution in [2.24, 2.45) is 5.92 Å². The van der Waals surface area contributed by atoms with Gasteiger partial charge in [-0.1, -0.05) is 0 Å². The molecule has 0 atom stereocenters. The normalized spacial score (nSPS) is 19.1. The minimum absolute atomic E-state index is 0.845. The van der Waals surface area contributed by atoms with Crippen LogP contribution in [-0.4, -0.2) is 31.6 Å². The van der Waals surface area contributed by atoms with E-state index >= 15 is 0 Å². The van der Waals surface area contributed by atoms with Crippen LogP contribution in [0.25, 0.3) is 0 Å². The summed E-state index contributed by atoms with van der Waals surface area (Å²) < 4.78 is 0. The Morgan fingerprint density at radius 2 is 2.25 bits per heavy atom. The van der Waals surface area contributed by atoms with E-state index in [1.165, 1.54) is 30.8 Å². The molecule has 0 radical (unpaired) electrons. The molecule has 0 saturated carbocycles. The van der Waals surface area contributed by atoms with Crippen molar-refractivity contribution < 1.29 is 0 Å². The molecule has 0 unspecified atom stereocenters. The number of anilines is 1.